The van der Waals surface area contributed by atoms with Crippen molar-refractivity contribution in [3.05, 3.63) is 69.8 Å². The van der Waals surface area contributed by atoms with Gasteiger partial charge >= 0.3 is 0 Å². The lowest BCUT2D eigenvalue weighted by Crippen LogP contribution is -2.24. The van der Waals surface area contributed by atoms with Crippen molar-refractivity contribution < 1.29 is 9.59 Å². The first-order valence-electron chi connectivity index (χ1n) is 9.08. The van der Waals surface area contributed by atoms with Crippen molar-refractivity contribution in [2.75, 3.05) is 5.32 Å². The number of hydrogen-bond acceptors (Lipinski definition) is 3. The van der Waals surface area contributed by atoms with Crippen LogP contribution >= 0.6 is 15.9 Å². The maximum Gasteiger partial charge on any atom is 0.252 e. The van der Waals surface area contributed by atoms with E-state index in [1.165, 1.54) is 0 Å². The van der Waals surface area contributed by atoms with Crippen LogP contribution in [0.3, 0.4) is 0 Å². The van der Waals surface area contributed by atoms with Gasteiger partial charge in [0.1, 0.15) is 0 Å². The van der Waals surface area contributed by atoms with E-state index in [-0.39, 0.29) is 17.7 Å². The summed E-state index contributed by atoms with van der Waals surface area (Å²) < 4.78 is 0.989. The maximum atomic E-state index is 12.9. The Morgan fingerprint density at radius 1 is 1.07 bits per heavy atom. The number of aromatic nitrogens is 1. The Morgan fingerprint density at radius 3 is 2.46 bits per heavy atom. The minimum Gasteiger partial charge on any atom is -0.348 e. The third kappa shape index (κ3) is 4.75. The Hall–Kier alpha value is -2.73. The van der Waals surface area contributed by atoms with Gasteiger partial charge in [0.15, 0.2) is 0 Å². The Morgan fingerprint density at radius 2 is 1.79 bits per heavy atom. The van der Waals surface area contributed by atoms with Crippen molar-refractivity contribution in [3.8, 4) is 0 Å². The average molecular weight is 440 g/mol. The lowest BCUT2D eigenvalue weighted by atomic mass is 10.0. The molecule has 0 aliphatic rings. The molecule has 0 atom stereocenters. The summed E-state index contributed by atoms with van der Waals surface area (Å²) in [5, 5.41) is 6.57. The van der Waals surface area contributed by atoms with Crippen LogP contribution < -0.4 is 10.6 Å². The van der Waals surface area contributed by atoms with Crippen LogP contribution in [-0.4, -0.2) is 16.8 Å². The quantitative estimate of drug-likeness (QED) is 0.597. The van der Waals surface area contributed by atoms with Gasteiger partial charge < -0.3 is 10.6 Å². The van der Waals surface area contributed by atoms with Gasteiger partial charge in [0, 0.05) is 33.7 Å². The maximum absolute atomic E-state index is 12.9. The zero-order valence-corrected chi connectivity index (χ0v) is 17.6. The van der Waals surface area contributed by atoms with Crippen LogP contribution in [0, 0.1) is 12.8 Å². The molecule has 1 aromatic heterocycles. The van der Waals surface area contributed by atoms with Gasteiger partial charge in [-0.05, 0) is 42.8 Å². The first kappa shape index (κ1) is 20.0. The lowest BCUT2D eigenvalue weighted by Gasteiger charge is -2.13. The van der Waals surface area contributed by atoms with Crippen LogP contribution in [0.4, 0.5) is 5.69 Å². The summed E-state index contributed by atoms with van der Waals surface area (Å²) in [5.74, 6) is -0.469. The molecule has 0 spiro atoms. The Kier molecular flexibility index (Phi) is 6.09. The fraction of sp³-hybridized carbons (Fsp3) is 0.227. The number of benzene rings is 2. The molecule has 0 aliphatic carbocycles. The molecular weight excluding hydrogens is 418 g/mol. The molecule has 6 heteroatoms. The molecular formula is C22H22BrN3O2. The molecule has 0 radical (unpaired) electrons. The van der Waals surface area contributed by atoms with Gasteiger partial charge in [-0.15, -0.1) is 0 Å². The second-order valence-corrected chi connectivity index (χ2v) is 7.91. The highest BCUT2D eigenvalue weighted by Gasteiger charge is 2.15. The van der Waals surface area contributed by atoms with E-state index in [9.17, 15) is 9.59 Å². The summed E-state index contributed by atoms with van der Waals surface area (Å²) in [7, 11) is 0. The molecule has 0 unspecified atom stereocenters. The number of fused-ring (bicyclic) bond motifs is 1. The fourth-order valence-corrected chi connectivity index (χ4v) is 3.03. The molecule has 0 saturated heterocycles. The normalized spacial score (nSPS) is 10.9. The van der Waals surface area contributed by atoms with E-state index in [0.717, 1.165) is 21.1 Å². The van der Waals surface area contributed by atoms with Crippen molar-refractivity contribution in [3.63, 3.8) is 0 Å². The third-order valence-electron chi connectivity index (χ3n) is 4.35. The third-order valence-corrected chi connectivity index (χ3v) is 4.88. The van der Waals surface area contributed by atoms with Gasteiger partial charge in [-0.3, -0.25) is 14.6 Å². The zero-order chi connectivity index (χ0) is 20.3. The fourth-order valence-electron chi connectivity index (χ4n) is 2.76. The number of pyridine rings is 1. The smallest absolute Gasteiger partial charge is 0.252 e. The van der Waals surface area contributed by atoms with E-state index in [4.69, 9.17) is 0 Å². The zero-order valence-electron chi connectivity index (χ0n) is 16.0. The van der Waals surface area contributed by atoms with Crippen molar-refractivity contribution >= 4 is 44.3 Å². The van der Waals surface area contributed by atoms with E-state index in [1.807, 2.05) is 57.2 Å². The topological polar surface area (TPSA) is 71.1 Å². The summed E-state index contributed by atoms with van der Waals surface area (Å²) in [6.45, 7) is 5.96. The first-order chi connectivity index (χ1) is 13.3. The summed E-state index contributed by atoms with van der Waals surface area (Å²) in [6, 6.07) is 15.0. The molecule has 2 amide bonds. The largest absolute Gasteiger partial charge is 0.348 e. The van der Waals surface area contributed by atoms with Gasteiger partial charge in [0.2, 0.25) is 5.91 Å². The van der Waals surface area contributed by atoms with Crippen LogP contribution in [0.15, 0.2) is 53.0 Å². The number of hydrogen-bond donors (Lipinski definition) is 2. The van der Waals surface area contributed by atoms with E-state index in [1.54, 1.807) is 12.1 Å². The summed E-state index contributed by atoms with van der Waals surface area (Å²) in [4.78, 5) is 29.5. The molecule has 0 bridgehead atoms. The Balaban J connectivity index is 1.91. The van der Waals surface area contributed by atoms with Crippen LogP contribution in [0.25, 0.3) is 10.9 Å². The molecule has 144 valence electrons. The average Bonchev–Trinajstić information content (AvgIpc) is 2.66. The van der Waals surface area contributed by atoms with E-state index in [0.29, 0.717) is 23.3 Å². The second-order valence-electron chi connectivity index (χ2n) is 7.00. The predicted octanol–water partition coefficient (Wildman–Crippen LogP) is 4.83. The Labute approximate surface area is 172 Å². The second kappa shape index (κ2) is 8.52. The van der Waals surface area contributed by atoms with Gasteiger partial charge in [-0.1, -0.05) is 48.0 Å². The lowest BCUT2D eigenvalue weighted by molar-refractivity contribution is -0.118. The highest BCUT2D eigenvalue weighted by molar-refractivity contribution is 9.10. The molecule has 3 rings (SSSR count). The minimum atomic E-state index is -0.209. The number of carbonyl (C=O) groups is 2. The monoisotopic (exact) mass is 439 g/mol. The number of rotatable bonds is 5. The van der Waals surface area contributed by atoms with Crippen LogP contribution in [0.2, 0.25) is 0 Å². The highest BCUT2D eigenvalue weighted by atomic mass is 79.9. The van der Waals surface area contributed by atoms with E-state index < -0.39 is 0 Å². The number of nitrogens with one attached hydrogen (secondary N) is 2. The van der Waals surface area contributed by atoms with Gasteiger partial charge in [-0.25, -0.2) is 0 Å². The molecule has 28 heavy (non-hydrogen) atoms. The minimum absolute atomic E-state index is 0.103. The SMILES string of the molecule is Cc1ccc2c(C(=O)NCc3ccc(Br)cc3)cc(NC(=O)C(C)C)cc2n1. The molecule has 1 heterocycles. The van der Waals surface area contributed by atoms with Crippen molar-refractivity contribution in [2.24, 2.45) is 5.92 Å². The molecule has 2 N–H and O–H groups in total. The Bertz CT molecular complexity index is 1030. The molecule has 5 nitrogen and oxygen atoms in total. The highest BCUT2D eigenvalue weighted by Crippen LogP contribution is 2.24. The molecule has 2 aromatic carbocycles. The molecule has 0 aliphatic heterocycles. The van der Waals surface area contributed by atoms with Gasteiger partial charge in [0.25, 0.3) is 5.91 Å². The number of nitrogens with zero attached hydrogens (tertiary/aromatic N) is 1. The number of carbonyl (C=O) groups excluding carboxylic acids is 2. The first-order valence-corrected chi connectivity index (χ1v) is 9.87. The molecule has 0 saturated carbocycles. The molecule has 3 aromatic rings. The summed E-state index contributed by atoms with van der Waals surface area (Å²) in [6.07, 6.45) is 0. The van der Waals surface area contributed by atoms with Crippen molar-refractivity contribution in [1.82, 2.24) is 10.3 Å². The molecule has 0 fully saturated rings. The number of anilines is 1. The number of aryl methyl sites for hydroxylation is 1. The van der Waals surface area contributed by atoms with Gasteiger partial charge in [0.05, 0.1) is 11.1 Å². The number of halogens is 1. The number of amides is 2. The van der Waals surface area contributed by atoms with Crippen molar-refractivity contribution in [1.29, 1.82) is 0 Å². The van der Waals surface area contributed by atoms with Crippen LogP contribution in [0.1, 0.15) is 35.5 Å². The standard InChI is InChI=1S/C22H22BrN3O2/c1-13(2)21(27)26-17-10-19(18-9-4-14(3)25-20(18)11-17)22(28)24-12-15-5-7-16(23)8-6-15/h4-11,13H,12H2,1-3H3,(H,24,28)(H,26,27). The van der Waals surface area contributed by atoms with Crippen molar-refractivity contribution in [2.45, 2.75) is 27.3 Å². The van der Waals surface area contributed by atoms with Crippen LogP contribution in [0.5, 0.6) is 0 Å². The summed E-state index contributed by atoms with van der Waals surface area (Å²) >= 11 is 3.40. The van der Waals surface area contributed by atoms with Crippen LogP contribution in [-0.2, 0) is 11.3 Å². The summed E-state index contributed by atoms with van der Waals surface area (Å²) in [5.41, 5.74) is 3.58. The van der Waals surface area contributed by atoms with E-state index in [2.05, 4.69) is 31.5 Å². The predicted molar refractivity (Wildman–Crippen MR) is 115 cm³/mol. The van der Waals surface area contributed by atoms with Gasteiger partial charge in [-0.2, -0.15) is 0 Å². The van der Waals surface area contributed by atoms with E-state index >= 15 is 0 Å².